The summed E-state index contributed by atoms with van der Waals surface area (Å²) in [5.41, 5.74) is 1.87. The highest BCUT2D eigenvalue weighted by Crippen LogP contribution is 2.37. The van der Waals surface area contributed by atoms with E-state index in [-0.39, 0.29) is 30.9 Å². The van der Waals surface area contributed by atoms with Crippen molar-refractivity contribution in [1.29, 1.82) is 0 Å². The van der Waals surface area contributed by atoms with E-state index in [1.54, 1.807) is 0 Å². The van der Waals surface area contributed by atoms with Crippen LogP contribution in [0.3, 0.4) is 0 Å². The number of hydrogen-bond acceptors (Lipinski definition) is 3. The summed E-state index contributed by atoms with van der Waals surface area (Å²) in [5.74, 6) is 0.416. The average Bonchev–Trinajstić information content (AvgIpc) is 2.49. The van der Waals surface area contributed by atoms with Crippen molar-refractivity contribution in [3.8, 4) is 5.75 Å². The van der Waals surface area contributed by atoms with E-state index in [9.17, 15) is 5.11 Å². The van der Waals surface area contributed by atoms with Crippen molar-refractivity contribution in [1.82, 2.24) is 10.2 Å². The summed E-state index contributed by atoms with van der Waals surface area (Å²) >= 11 is 6.22. The van der Waals surface area contributed by atoms with E-state index in [2.05, 4.69) is 17.1 Å². The molecule has 2 N–H and O–H groups in total. The molecule has 1 saturated heterocycles. The topological polar surface area (TPSA) is 35.5 Å². The van der Waals surface area contributed by atoms with Gasteiger partial charge in [0.1, 0.15) is 5.75 Å². The van der Waals surface area contributed by atoms with Crippen molar-refractivity contribution in [2.45, 2.75) is 45.6 Å². The van der Waals surface area contributed by atoms with Gasteiger partial charge in [-0.05, 0) is 31.0 Å². The molecule has 0 unspecified atom stereocenters. The van der Waals surface area contributed by atoms with Gasteiger partial charge in [-0.25, -0.2) is 0 Å². The molecule has 0 aromatic heterocycles. The lowest BCUT2D eigenvalue weighted by Gasteiger charge is -2.36. The second-order valence-corrected chi connectivity index (χ2v) is 6.39. The van der Waals surface area contributed by atoms with Gasteiger partial charge in [-0.3, -0.25) is 4.90 Å². The SMILES string of the molecule is CCCCC[C@H](c1cc(Cl)cc(C)c1O)N1CCNCC1.Cl.Cl. The predicted octanol–water partition coefficient (Wildman–Crippen LogP) is 4.72. The molecular formula is C17H29Cl3N2O. The van der Waals surface area contributed by atoms with E-state index in [0.29, 0.717) is 5.75 Å². The Hall–Kier alpha value is -0.190. The number of aromatic hydroxyl groups is 1. The van der Waals surface area contributed by atoms with Crippen molar-refractivity contribution < 1.29 is 5.11 Å². The fourth-order valence-corrected chi connectivity index (χ4v) is 3.41. The van der Waals surface area contributed by atoms with Crippen LogP contribution >= 0.6 is 36.4 Å². The van der Waals surface area contributed by atoms with Crippen molar-refractivity contribution in [3.05, 3.63) is 28.3 Å². The average molecular weight is 384 g/mol. The number of piperazine rings is 1. The zero-order valence-electron chi connectivity index (χ0n) is 14.0. The zero-order chi connectivity index (χ0) is 15.2. The number of benzene rings is 1. The molecule has 134 valence electrons. The molecule has 0 aliphatic carbocycles. The van der Waals surface area contributed by atoms with Gasteiger partial charge in [0.25, 0.3) is 0 Å². The van der Waals surface area contributed by atoms with Gasteiger partial charge in [0.2, 0.25) is 0 Å². The van der Waals surface area contributed by atoms with Gasteiger partial charge in [0.05, 0.1) is 0 Å². The molecule has 1 aliphatic rings. The second-order valence-electron chi connectivity index (χ2n) is 5.96. The van der Waals surface area contributed by atoms with E-state index >= 15 is 0 Å². The first-order chi connectivity index (χ1) is 10.1. The molecule has 1 heterocycles. The number of phenols is 1. The molecule has 3 nitrogen and oxygen atoms in total. The van der Waals surface area contributed by atoms with Crippen LogP contribution in [0.1, 0.15) is 49.8 Å². The molecule has 0 amide bonds. The number of unbranched alkanes of at least 4 members (excludes halogenated alkanes) is 2. The summed E-state index contributed by atoms with van der Waals surface area (Å²) in [5, 5.41) is 14.6. The Morgan fingerprint density at radius 1 is 1.22 bits per heavy atom. The Morgan fingerprint density at radius 3 is 2.48 bits per heavy atom. The van der Waals surface area contributed by atoms with Gasteiger partial charge in [0, 0.05) is 42.8 Å². The van der Waals surface area contributed by atoms with Crippen molar-refractivity contribution in [2.75, 3.05) is 26.2 Å². The lowest BCUT2D eigenvalue weighted by atomic mass is 9.95. The monoisotopic (exact) mass is 382 g/mol. The first-order valence-electron chi connectivity index (χ1n) is 8.07. The Morgan fingerprint density at radius 2 is 1.87 bits per heavy atom. The third kappa shape index (κ3) is 6.32. The lowest BCUT2D eigenvalue weighted by Crippen LogP contribution is -2.45. The molecule has 6 heteroatoms. The summed E-state index contributed by atoms with van der Waals surface area (Å²) in [6.45, 7) is 8.24. The molecule has 2 rings (SSSR count). The fourth-order valence-electron chi connectivity index (χ4n) is 3.13. The number of phenolic OH excluding ortho intramolecular Hbond substituents is 1. The molecule has 1 aromatic rings. The Bertz CT molecular complexity index is 465. The van der Waals surface area contributed by atoms with Gasteiger partial charge in [-0.15, -0.1) is 24.8 Å². The summed E-state index contributed by atoms with van der Waals surface area (Å²) in [7, 11) is 0. The maximum Gasteiger partial charge on any atom is 0.123 e. The van der Waals surface area contributed by atoms with E-state index in [0.717, 1.165) is 48.7 Å². The highest BCUT2D eigenvalue weighted by molar-refractivity contribution is 6.30. The van der Waals surface area contributed by atoms with Gasteiger partial charge in [-0.1, -0.05) is 37.8 Å². The quantitative estimate of drug-likeness (QED) is 0.697. The van der Waals surface area contributed by atoms with E-state index < -0.39 is 0 Å². The molecular weight excluding hydrogens is 355 g/mol. The number of nitrogens with one attached hydrogen (secondary N) is 1. The first-order valence-corrected chi connectivity index (χ1v) is 8.45. The third-order valence-electron chi connectivity index (χ3n) is 4.33. The molecule has 1 fully saturated rings. The molecule has 1 aromatic carbocycles. The van der Waals surface area contributed by atoms with E-state index in [1.165, 1.54) is 19.3 Å². The van der Waals surface area contributed by atoms with Gasteiger partial charge >= 0.3 is 0 Å². The van der Waals surface area contributed by atoms with Crippen molar-refractivity contribution in [2.24, 2.45) is 0 Å². The minimum absolute atomic E-state index is 0. The molecule has 1 aliphatic heterocycles. The molecule has 1 atom stereocenters. The molecule has 23 heavy (non-hydrogen) atoms. The van der Waals surface area contributed by atoms with Crippen LogP contribution < -0.4 is 5.32 Å². The molecule has 0 spiro atoms. The summed E-state index contributed by atoms with van der Waals surface area (Å²) in [6.07, 6.45) is 4.73. The van der Waals surface area contributed by atoms with Gasteiger partial charge in [0.15, 0.2) is 0 Å². The van der Waals surface area contributed by atoms with Crippen LogP contribution in [0, 0.1) is 6.92 Å². The fraction of sp³-hybridized carbons (Fsp3) is 0.647. The molecule has 0 radical (unpaired) electrons. The number of nitrogens with zero attached hydrogens (tertiary/aromatic N) is 1. The van der Waals surface area contributed by atoms with Crippen LogP contribution in [0.5, 0.6) is 5.75 Å². The van der Waals surface area contributed by atoms with Crippen LogP contribution in [0.4, 0.5) is 0 Å². The van der Waals surface area contributed by atoms with Gasteiger partial charge < -0.3 is 10.4 Å². The lowest BCUT2D eigenvalue weighted by molar-refractivity contribution is 0.160. The maximum absolute atomic E-state index is 10.5. The maximum atomic E-state index is 10.5. The van der Waals surface area contributed by atoms with Crippen LogP contribution in [-0.2, 0) is 0 Å². The minimum Gasteiger partial charge on any atom is -0.507 e. The zero-order valence-corrected chi connectivity index (χ0v) is 16.4. The minimum atomic E-state index is 0. The second kappa shape index (κ2) is 11.4. The van der Waals surface area contributed by atoms with Crippen LogP contribution in [0.25, 0.3) is 0 Å². The molecule has 0 bridgehead atoms. The largest absolute Gasteiger partial charge is 0.507 e. The molecule has 0 saturated carbocycles. The standard InChI is InChI=1S/C17H27ClN2O.2ClH/c1-3-4-5-6-16(20-9-7-19-8-10-20)15-12-14(18)11-13(2)17(15)21;;/h11-12,16,19,21H,3-10H2,1-2H3;2*1H/t16-;;/m1../s1. The van der Waals surface area contributed by atoms with E-state index in [4.69, 9.17) is 11.6 Å². The van der Waals surface area contributed by atoms with E-state index in [1.807, 2.05) is 19.1 Å². The van der Waals surface area contributed by atoms with Crippen molar-refractivity contribution >= 4 is 36.4 Å². The number of rotatable bonds is 6. The van der Waals surface area contributed by atoms with Gasteiger partial charge in [-0.2, -0.15) is 0 Å². The first kappa shape index (κ1) is 22.8. The summed E-state index contributed by atoms with van der Waals surface area (Å²) in [6, 6.07) is 4.06. The smallest absolute Gasteiger partial charge is 0.123 e. The van der Waals surface area contributed by atoms with Crippen molar-refractivity contribution in [3.63, 3.8) is 0 Å². The summed E-state index contributed by atoms with van der Waals surface area (Å²) < 4.78 is 0. The number of halogens is 3. The van der Waals surface area contributed by atoms with Crippen LogP contribution in [0.2, 0.25) is 5.02 Å². The Balaban J connectivity index is 0.00000242. The predicted molar refractivity (Wildman–Crippen MR) is 104 cm³/mol. The number of hydrogen-bond donors (Lipinski definition) is 2. The Labute approximate surface area is 157 Å². The highest BCUT2D eigenvalue weighted by Gasteiger charge is 2.25. The Kier molecular flexibility index (Phi) is 11.3. The third-order valence-corrected chi connectivity index (χ3v) is 4.55. The summed E-state index contributed by atoms with van der Waals surface area (Å²) in [4.78, 5) is 2.48. The normalized spacial score (nSPS) is 16.3. The van der Waals surface area contributed by atoms with Crippen LogP contribution in [-0.4, -0.2) is 36.2 Å². The number of aryl methyl sites for hydroxylation is 1. The highest BCUT2D eigenvalue weighted by atomic mass is 35.5. The van der Waals surface area contributed by atoms with Crippen LogP contribution in [0.15, 0.2) is 12.1 Å².